The third kappa shape index (κ3) is 5.72. The highest BCUT2D eigenvalue weighted by Gasteiger charge is 2.32. The predicted molar refractivity (Wildman–Crippen MR) is 137 cm³/mol. The molecule has 0 aliphatic rings. The maximum absolute atomic E-state index is 15.0. The second-order valence-corrected chi connectivity index (χ2v) is 10.3. The third-order valence-electron chi connectivity index (χ3n) is 5.94. The van der Waals surface area contributed by atoms with Gasteiger partial charge in [0.2, 0.25) is 21.7 Å². The highest BCUT2D eigenvalue weighted by atomic mass is 32.2. The number of pyridine rings is 1. The van der Waals surface area contributed by atoms with Gasteiger partial charge in [0.05, 0.1) is 17.5 Å². The number of benzene rings is 2. The van der Waals surface area contributed by atoms with Crippen molar-refractivity contribution in [2.45, 2.75) is 29.4 Å². The standard InChI is InChI=1S/C27H25F2N3O6S/c1-3-38-16-24-31-26(33)25(27(34)32(24)22(15-37-2)17-7-5-4-6-8-17)39(35,36)19-10-11-20(21(28)13-19)18-9-12-23(29)30-14-18/h4-14,22,33H,3,15-16H2,1-2H3. The van der Waals surface area contributed by atoms with Crippen molar-refractivity contribution < 1.29 is 31.8 Å². The lowest BCUT2D eigenvalue weighted by atomic mass is 10.1. The van der Waals surface area contributed by atoms with Gasteiger partial charge in [-0.15, -0.1) is 0 Å². The minimum Gasteiger partial charge on any atom is -0.492 e. The summed E-state index contributed by atoms with van der Waals surface area (Å²) in [7, 11) is -3.34. The van der Waals surface area contributed by atoms with Gasteiger partial charge in [-0.05, 0) is 36.8 Å². The number of nitrogens with zero attached hydrogens (tertiary/aromatic N) is 3. The van der Waals surface area contributed by atoms with Gasteiger partial charge in [0.15, 0.2) is 4.90 Å². The number of aromatic hydroxyl groups is 1. The average molecular weight is 558 g/mol. The van der Waals surface area contributed by atoms with Gasteiger partial charge in [-0.3, -0.25) is 9.36 Å². The SMILES string of the molecule is CCOCc1nc(O)c(S(=O)(=O)c2ccc(-c3ccc(F)nc3)c(F)c2)c(=O)n1C(COC)c1ccccc1. The third-order valence-corrected chi connectivity index (χ3v) is 7.71. The van der Waals surface area contributed by atoms with Crippen LogP contribution in [0, 0.1) is 11.8 Å². The fourth-order valence-electron chi connectivity index (χ4n) is 4.10. The van der Waals surface area contributed by atoms with Crippen molar-refractivity contribution in [1.29, 1.82) is 0 Å². The normalized spacial score (nSPS) is 12.4. The number of methoxy groups -OCH3 is 1. The fraction of sp³-hybridized carbons (Fsp3) is 0.222. The van der Waals surface area contributed by atoms with Crippen LogP contribution in [0.4, 0.5) is 8.78 Å². The monoisotopic (exact) mass is 557 g/mol. The van der Waals surface area contributed by atoms with E-state index in [0.29, 0.717) is 5.56 Å². The Balaban J connectivity index is 1.89. The predicted octanol–water partition coefficient (Wildman–Crippen LogP) is 3.89. The van der Waals surface area contributed by atoms with Crippen molar-refractivity contribution in [3.05, 3.63) is 100 Å². The summed E-state index contributed by atoms with van der Waals surface area (Å²) in [5.74, 6) is -2.77. The average Bonchev–Trinajstić information content (AvgIpc) is 2.92. The van der Waals surface area contributed by atoms with Crippen LogP contribution >= 0.6 is 0 Å². The largest absolute Gasteiger partial charge is 0.492 e. The number of halogens is 2. The van der Waals surface area contributed by atoms with Crippen molar-refractivity contribution in [2.75, 3.05) is 20.3 Å². The zero-order valence-electron chi connectivity index (χ0n) is 21.0. The first-order chi connectivity index (χ1) is 18.7. The molecule has 0 aliphatic heterocycles. The van der Waals surface area contributed by atoms with E-state index in [9.17, 15) is 22.7 Å². The van der Waals surface area contributed by atoms with E-state index in [2.05, 4.69) is 9.97 Å². The van der Waals surface area contributed by atoms with Gasteiger partial charge in [0.25, 0.3) is 5.56 Å². The molecule has 1 unspecified atom stereocenters. The van der Waals surface area contributed by atoms with Crippen LogP contribution in [0.3, 0.4) is 0 Å². The molecular weight excluding hydrogens is 532 g/mol. The summed E-state index contributed by atoms with van der Waals surface area (Å²) >= 11 is 0. The number of hydrogen-bond acceptors (Lipinski definition) is 8. The van der Waals surface area contributed by atoms with E-state index in [0.717, 1.165) is 29.0 Å². The number of aromatic nitrogens is 3. The molecule has 0 amide bonds. The molecule has 0 saturated carbocycles. The molecule has 2 aromatic carbocycles. The van der Waals surface area contributed by atoms with Gasteiger partial charge >= 0.3 is 0 Å². The summed E-state index contributed by atoms with van der Waals surface area (Å²) < 4.78 is 67.3. The van der Waals surface area contributed by atoms with Crippen LogP contribution in [0.15, 0.2) is 81.4 Å². The lowest BCUT2D eigenvalue weighted by molar-refractivity contribution is 0.116. The lowest BCUT2D eigenvalue weighted by Crippen LogP contribution is -2.35. The Bertz CT molecular complexity index is 1630. The number of sulfone groups is 1. The highest BCUT2D eigenvalue weighted by molar-refractivity contribution is 7.91. The van der Waals surface area contributed by atoms with E-state index in [1.807, 2.05) is 0 Å². The van der Waals surface area contributed by atoms with Crippen LogP contribution in [-0.2, 0) is 25.9 Å². The Hall–Kier alpha value is -4.00. The second-order valence-electron chi connectivity index (χ2n) is 8.39. The van der Waals surface area contributed by atoms with Crippen LogP contribution < -0.4 is 5.56 Å². The fourth-order valence-corrected chi connectivity index (χ4v) is 5.46. The molecule has 1 atom stereocenters. The molecule has 0 radical (unpaired) electrons. The van der Waals surface area contributed by atoms with Gasteiger partial charge in [-0.25, -0.2) is 17.8 Å². The van der Waals surface area contributed by atoms with Crippen molar-refractivity contribution in [2.24, 2.45) is 0 Å². The molecule has 12 heteroatoms. The van der Waals surface area contributed by atoms with Crippen molar-refractivity contribution >= 4 is 9.84 Å². The molecule has 0 fully saturated rings. The van der Waals surface area contributed by atoms with Crippen LogP contribution in [-0.4, -0.2) is 48.4 Å². The van der Waals surface area contributed by atoms with Crippen LogP contribution in [0.25, 0.3) is 11.1 Å². The molecule has 2 heterocycles. The van der Waals surface area contributed by atoms with Crippen LogP contribution in [0.2, 0.25) is 0 Å². The Kier molecular flexibility index (Phi) is 8.48. The van der Waals surface area contributed by atoms with Gasteiger partial charge in [0, 0.05) is 31.0 Å². The van der Waals surface area contributed by atoms with Crippen molar-refractivity contribution in [3.63, 3.8) is 0 Å². The summed E-state index contributed by atoms with van der Waals surface area (Å²) in [6, 6.07) is 13.2. The van der Waals surface area contributed by atoms with E-state index in [1.54, 1.807) is 37.3 Å². The van der Waals surface area contributed by atoms with Crippen molar-refractivity contribution in [3.8, 4) is 17.0 Å². The Morgan fingerprint density at radius 2 is 1.82 bits per heavy atom. The molecule has 0 aliphatic carbocycles. The van der Waals surface area contributed by atoms with Crippen LogP contribution in [0.1, 0.15) is 24.4 Å². The van der Waals surface area contributed by atoms with Gasteiger partial charge in [0.1, 0.15) is 18.2 Å². The van der Waals surface area contributed by atoms with Gasteiger partial charge in [-0.2, -0.15) is 9.37 Å². The summed E-state index contributed by atoms with van der Waals surface area (Å²) in [6.45, 7) is 1.78. The molecule has 2 aromatic heterocycles. The summed E-state index contributed by atoms with van der Waals surface area (Å²) in [6.07, 6.45) is 1.10. The summed E-state index contributed by atoms with van der Waals surface area (Å²) in [5, 5.41) is 10.7. The molecule has 9 nitrogen and oxygen atoms in total. The first kappa shape index (κ1) is 28.0. The zero-order valence-corrected chi connectivity index (χ0v) is 21.9. The maximum atomic E-state index is 15.0. The Labute approximate surface area is 223 Å². The van der Waals surface area contributed by atoms with Gasteiger partial charge < -0.3 is 14.6 Å². The smallest absolute Gasteiger partial charge is 0.277 e. The lowest BCUT2D eigenvalue weighted by Gasteiger charge is -2.23. The molecule has 0 saturated heterocycles. The minimum atomic E-state index is -4.76. The number of rotatable bonds is 10. The molecule has 4 rings (SSSR count). The van der Waals surface area contributed by atoms with E-state index in [1.165, 1.54) is 19.2 Å². The number of ether oxygens (including phenoxy) is 2. The molecule has 4 aromatic rings. The van der Waals surface area contributed by atoms with E-state index in [-0.39, 0.29) is 36.8 Å². The van der Waals surface area contributed by atoms with Crippen LogP contribution in [0.5, 0.6) is 5.88 Å². The van der Waals surface area contributed by atoms with Gasteiger partial charge in [-0.1, -0.05) is 36.4 Å². The molecule has 0 bridgehead atoms. The molecular formula is C27H25F2N3O6S. The quantitative estimate of drug-likeness (QED) is 0.292. The highest BCUT2D eigenvalue weighted by Crippen LogP contribution is 2.30. The minimum absolute atomic E-state index is 0.0189. The molecule has 1 N–H and O–H groups in total. The van der Waals surface area contributed by atoms with E-state index < -0.39 is 48.9 Å². The first-order valence-corrected chi connectivity index (χ1v) is 13.3. The molecule has 204 valence electrons. The maximum Gasteiger partial charge on any atom is 0.277 e. The van der Waals surface area contributed by atoms with E-state index >= 15 is 4.39 Å². The summed E-state index contributed by atoms with van der Waals surface area (Å²) in [5.41, 5.74) is -0.263. The number of hydrogen-bond donors (Lipinski definition) is 1. The second kappa shape index (κ2) is 11.8. The molecule has 39 heavy (non-hydrogen) atoms. The van der Waals surface area contributed by atoms with E-state index in [4.69, 9.17) is 9.47 Å². The topological polar surface area (TPSA) is 121 Å². The Morgan fingerprint density at radius 1 is 1.08 bits per heavy atom. The zero-order chi connectivity index (χ0) is 28.2. The summed E-state index contributed by atoms with van der Waals surface area (Å²) in [4.78, 5) is 19.7. The van der Waals surface area contributed by atoms with Crippen molar-refractivity contribution in [1.82, 2.24) is 14.5 Å². The first-order valence-electron chi connectivity index (χ1n) is 11.8. The Morgan fingerprint density at radius 3 is 2.44 bits per heavy atom. The molecule has 0 spiro atoms.